The van der Waals surface area contributed by atoms with Gasteiger partial charge in [0.1, 0.15) is 0 Å². The van der Waals surface area contributed by atoms with Crippen LogP contribution < -0.4 is 5.32 Å². The van der Waals surface area contributed by atoms with Gasteiger partial charge in [-0.25, -0.2) is 0 Å². The minimum absolute atomic E-state index is 0.259. The number of carbonyl (C=O) groups is 1. The van der Waals surface area contributed by atoms with Crippen LogP contribution in [-0.2, 0) is 4.79 Å². The zero-order chi connectivity index (χ0) is 9.80. The molecule has 1 aromatic heterocycles. The van der Waals surface area contributed by atoms with Crippen molar-refractivity contribution in [3.8, 4) is 0 Å². The highest BCUT2D eigenvalue weighted by atomic mass is 32.1. The Bertz CT molecular complexity index is 277. The summed E-state index contributed by atoms with van der Waals surface area (Å²) in [6, 6.07) is 4.42. The van der Waals surface area contributed by atoms with Crippen LogP contribution in [0.15, 0.2) is 17.5 Å². The Labute approximate surface area is 88.3 Å². The number of hydrogen-bond acceptors (Lipinski definition) is 2. The van der Waals surface area contributed by atoms with E-state index in [-0.39, 0.29) is 6.04 Å². The van der Waals surface area contributed by atoms with Gasteiger partial charge in [-0.15, -0.1) is 11.3 Å². The van der Waals surface area contributed by atoms with Crippen molar-refractivity contribution in [1.82, 2.24) is 5.32 Å². The zero-order valence-corrected chi connectivity index (χ0v) is 8.93. The lowest BCUT2D eigenvalue weighted by Crippen LogP contribution is -2.24. The van der Waals surface area contributed by atoms with Crippen LogP contribution in [0.3, 0.4) is 0 Å². The highest BCUT2D eigenvalue weighted by Crippen LogP contribution is 2.36. The van der Waals surface area contributed by atoms with Gasteiger partial charge >= 0.3 is 0 Å². The predicted octanol–water partition coefficient (Wildman–Crippen LogP) is 2.73. The van der Waals surface area contributed by atoms with Gasteiger partial charge in [0.2, 0.25) is 6.41 Å². The van der Waals surface area contributed by atoms with E-state index in [4.69, 9.17) is 0 Å². The van der Waals surface area contributed by atoms with Crippen molar-refractivity contribution < 1.29 is 4.79 Å². The van der Waals surface area contributed by atoms with Crippen molar-refractivity contribution in [2.75, 3.05) is 0 Å². The Morgan fingerprint density at radius 2 is 2.29 bits per heavy atom. The summed E-state index contributed by atoms with van der Waals surface area (Å²) >= 11 is 1.74. The molecule has 1 amide bonds. The summed E-state index contributed by atoms with van der Waals surface area (Å²) in [6.45, 7) is 0. The summed E-state index contributed by atoms with van der Waals surface area (Å²) in [5.41, 5.74) is 0. The predicted molar refractivity (Wildman–Crippen MR) is 58.2 cm³/mol. The first-order chi connectivity index (χ1) is 6.92. The SMILES string of the molecule is O=CNC(c1cccs1)C1CCCC1. The Balaban J connectivity index is 2.10. The minimum Gasteiger partial charge on any atom is -0.351 e. The van der Waals surface area contributed by atoms with Gasteiger partial charge in [0, 0.05) is 4.88 Å². The van der Waals surface area contributed by atoms with Crippen LogP contribution in [0.2, 0.25) is 0 Å². The summed E-state index contributed by atoms with van der Waals surface area (Å²) in [5.74, 6) is 0.652. The highest BCUT2D eigenvalue weighted by Gasteiger charge is 2.26. The molecule has 1 fully saturated rings. The summed E-state index contributed by atoms with van der Waals surface area (Å²) in [6.07, 6.45) is 5.97. The quantitative estimate of drug-likeness (QED) is 0.759. The fraction of sp³-hybridized carbons (Fsp3) is 0.545. The van der Waals surface area contributed by atoms with Crippen LogP contribution in [0.25, 0.3) is 0 Å². The van der Waals surface area contributed by atoms with E-state index < -0.39 is 0 Å². The summed E-state index contributed by atoms with van der Waals surface area (Å²) < 4.78 is 0. The molecule has 0 bridgehead atoms. The van der Waals surface area contributed by atoms with Crippen LogP contribution in [0.4, 0.5) is 0 Å². The normalized spacial score (nSPS) is 19.4. The second-order valence-electron chi connectivity index (χ2n) is 3.82. The lowest BCUT2D eigenvalue weighted by atomic mass is 9.97. The average molecular weight is 209 g/mol. The van der Waals surface area contributed by atoms with Crippen molar-refractivity contribution in [2.45, 2.75) is 31.7 Å². The average Bonchev–Trinajstić information content (AvgIpc) is 2.87. The molecule has 2 rings (SSSR count). The van der Waals surface area contributed by atoms with Crippen LogP contribution >= 0.6 is 11.3 Å². The molecule has 76 valence electrons. The molecule has 2 nitrogen and oxygen atoms in total. The molecule has 0 spiro atoms. The monoisotopic (exact) mass is 209 g/mol. The molecule has 1 N–H and O–H groups in total. The Morgan fingerprint density at radius 3 is 2.86 bits per heavy atom. The lowest BCUT2D eigenvalue weighted by molar-refractivity contribution is -0.110. The fourth-order valence-corrected chi connectivity index (χ4v) is 3.16. The van der Waals surface area contributed by atoms with Gasteiger partial charge in [-0.1, -0.05) is 18.9 Å². The largest absolute Gasteiger partial charge is 0.351 e. The number of hydrogen-bond donors (Lipinski definition) is 1. The maximum absolute atomic E-state index is 10.6. The van der Waals surface area contributed by atoms with Crippen molar-refractivity contribution in [2.24, 2.45) is 5.92 Å². The zero-order valence-electron chi connectivity index (χ0n) is 8.11. The maximum Gasteiger partial charge on any atom is 0.207 e. The number of nitrogens with one attached hydrogen (secondary N) is 1. The third-order valence-corrected chi connectivity index (χ3v) is 3.92. The molecule has 0 saturated heterocycles. The van der Waals surface area contributed by atoms with Crippen LogP contribution in [0, 0.1) is 5.92 Å². The van der Waals surface area contributed by atoms with E-state index >= 15 is 0 Å². The minimum atomic E-state index is 0.259. The number of rotatable bonds is 4. The van der Waals surface area contributed by atoms with Crippen molar-refractivity contribution in [1.29, 1.82) is 0 Å². The van der Waals surface area contributed by atoms with Gasteiger partial charge in [-0.2, -0.15) is 0 Å². The third-order valence-electron chi connectivity index (χ3n) is 2.97. The molecule has 0 radical (unpaired) electrons. The van der Waals surface area contributed by atoms with Crippen molar-refractivity contribution in [3.63, 3.8) is 0 Å². The molecule has 0 aliphatic heterocycles. The van der Waals surface area contributed by atoms with Gasteiger partial charge in [0.25, 0.3) is 0 Å². The van der Waals surface area contributed by atoms with Gasteiger partial charge in [0.15, 0.2) is 0 Å². The molecular formula is C11H15NOS. The van der Waals surface area contributed by atoms with E-state index in [9.17, 15) is 4.79 Å². The molecule has 14 heavy (non-hydrogen) atoms. The third kappa shape index (κ3) is 1.98. The van der Waals surface area contributed by atoms with Crippen LogP contribution in [-0.4, -0.2) is 6.41 Å². The second kappa shape index (κ2) is 4.60. The molecule has 1 aliphatic rings. The smallest absolute Gasteiger partial charge is 0.207 e. The first-order valence-electron chi connectivity index (χ1n) is 5.15. The fourth-order valence-electron chi connectivity index (χ4n) is 2.28. The summed E-state index contributed by atoms with van der Waals surface area (Å²) in [5, 5.41) is 5.03. The first kappa shape index (κ1) is 9.71. The van der Waals surface area contributed by atoms with E-state index in [1.165, 1.54) is 30.6 Å². The molecule has 1 unspecified atom stereocenters. The Morgan fingerprint density at radius 1 is 1.50 bits per heavy atom. The number of carbonyl (C=O) groups excluding carboxylic acids is 1. The molecule has 1 aromatic rings. The van der Waals surface area contributed by atoms with Crippen molar-refractivity contribution >= 4 is 17.7 Å². The van der Waals surface area contributed by atoms with E-state index in [0.717, 1.165) is 6.41 Å². The molecule has 0 aromatic carbocycles. The maximum atomic E-state index is 10.6. The van der Waals surface area contributed by atoms with Gasteiger partial charge in [-0.3, -0.25) is 4.79 Å². The molecule has 1 saturated carbocycles. The van der Waals surface area contributed by atoms with E-state index in [2.05, 4.69) is 22.8 Å². The standard InChI is InChI=1S/C11H15NOS/c13-8-12-11(9-4-1-2-5-9)10-6-3-7-14-10/h3,6-9,11H,1-2,4-5H2,(H,12,13). The number of thiophene rings is 1. The molecule has 1 atom stereocenters. The van der Waals surface area contributed by atoms with Crippen LogP contribution in [0.1, 0.15) is 36.6 Å². The van der Waals surface area contributed by atoms with E-state index in [0.29, 0.717) is 5.92 Å². The molecular weight excluding hydrogens is 194 g/mol. The summed E-state index contributed by atoms with van der Waals surface area (Å²) in [4.78, 5) is 11.9. The topological polar surface area (TPSA) is 29.1 Å². The highest BCUT2D eigenvalue weighted by molar-refractivity contribution is 7.10. The van der Waals surface area contributed by atoms with E-state index in [1.54, 1.807) is 11.3 Å². The van der Waals surface area contributed by atoms with Gasteiger partial charge < -0.3 is 5.32 Å². The first-order valence-corrected chi connectivity index (χ1v) is 6.03. The molecule has 1 heterocycles. The second-order valence-corrected chi connectivity index (χ2v) is 4.80. The molecule has 1 aliphatic carbocycles. The van der Waals surface area contributed by atoms with E-state index in [1.807, 2.05) is 0 Å². The lowest BCUT2D eigenvalue weighted by Gasteiger charge is -2.21. The summed E-state index contributed by atoms with van der Waals surface area (Å²) in [7, 11) is 0. The number of amides is 1. The van der Waals surface area contributed by atoms with Crippen molar-refractivity contribution in [3.05, 3.63) is 22.4 Å². The molecule has 3 heteroatoms. The Kier molecular flexibility index (Phi) is 3.19. The van der Waals surface area contributed by atoms with Gasteiger partial charge in [-0.05, 0) is 30.2 Å². The van der Waals surface area contributed by atoms with Gasteiger partial charge in [0.05, 0.1) is 6.04 Å². The Hall–Kier alpha value is -0.830. The van der Waals surface area contributed by atoms with Crippen LogP contribution in [0.5, 0.6) is 0 Å².